The van der Waals surface area contributed by atoms with Crippen molar-refractivity contribution in [3.63, 3.8) is 0 Å². The third-order valence-electron chi connectivity index (χ3n) is 2.17. The molecule has 0 aliphatic rings. The Balaban J connectivity index is 2.73. The lowest BCUT2D eigenvalue weighted by molar-refractivity contribution is 0.591. The van der Waals surface area contributed by atoms with Crippen molar-refractivity contribution in [2.45, 2.75) is 12.5 Å². The van der Waals surface area contributed by atoms with Gasteiger partial charge in [0.1, 0.15) is 15.7 Å². The Morgan fingerprint density at radius 2 is 2.12 bits per heavy atom. The molecule has 1 rings (SSSR count). The van der Waals surface area contributed by atoms with Crippen LogP contribution in [0, 0.1) is 5.82 Å². The minimum absolute atomic E-state index is 0.00314. The van der Waals surface area contributed by atoms with Gasteiger partial charge in [-0.3, -0.25) is 0 Å². The van der Waals surface area contributed by atoms with E-state index in [4.69, 9.17) is 17.3 Å². The summed E-state index contributed by atoms with van der Waals surface area (Å²) in [7, 11) is -3.03. The first-order valence-electron chi connectivity index (χ1n) is 4.68. The van der Waals surface area contributed by atoms with E-state index in [0.29, 0.717) is 12.0 Å². The van der Waals surface area contributed by atoms with Crippen LogP contribution in [0.2, 0.25) is 5.02 Å². The average Bonchev–Trinajstić information content (AvgIpc) is 2.17. The van der Waals surface area contributed by atoms with Crippen LogP contribution >= 0.6 is 11.6 Å². The molecular formula is C10H13ClFNO2S. The number of nitrogens with two attached hydrogens (primary N) is 1. The van der Waals surface area contributed by atoms with Crippen LogP contribution in [0.15, 0.2) is 18.2 Å². The summed E-state index contributed by atoms with van der Waals surface area (Å²) in [5.74, 6) is -0.510. The Hall–Kier alpha value is -0.650. The molecule has 3 nitrogen and oxygen atoms in total. The van der Waals surface area contributed by atoms with Crippen LogP contribution in [0.1, 0.15) is 18.0 Å². The lowest BCUT2D eigenvalue weighted by atomic mass is 10.1. The van der Waals surface area contributed by atoms with Gasteiger partial charge in [0.2, 0.25) is 0 Å². The zero-order valence-electron chi connectivity index (χ0n) is 8.78. The zero-order chi connectivity index (χ0) is 12.3. The van der Waals surface area contributed by atoms with Gasteiger partial charge < -0.3 is 5.73 Å². The number of rotatable bonds is 4. The Bertz CT molecular complexity index is 476. The van der Waals surface area contributed by atoms with E-state index < -0.39 is 21.7 Å². The second-order valence-corrected chi connectivity index (χ2v) is 6.37. The maximum atomic E-state index is 12.9. The summed E-state index contributed by atoms with van der Waals surface area (Å²) in [6.45, 7) is 0. The third kappa shape index (κ3) is 4.08. The monoisotopic (exact) mass is 265 g/mol. The predicted molar refractivity (Wildman–Crippen MR) is 62.7 cm³/mol. The van der Waals surface area contributed by atoms with Gasteiger partial charge >= 0.3 is 0 Å². The highest BCUT2D eigenvalue weighted by Crippen LogP contribution is 2.21. The molecule has 16 heavy (non-hydrogen) atoms. The number of benzene rings is 1. The molecule has 0 spiro atoms. The zero-order valence-corrected chi connectivity index (χ0v) is 10.4. The average molecular weight is 266 g/mol. The minimum Gasteiger partial charge on any atom is -0.324 e. The minimum atomic E-state index is -3.03. The number of hydrogen-bond donors (Lipinski definition) is 1. The highest BCUT2D eigenvalue weighted by Gasteiger charge is 2.11. The summed E-state index contributed by atoms with van der Waals surface area (Å²) in [5.41, 5.74) is 6.41. The van der Waals surface area contributed by atoms with Gasteiger partial charge in [-0.05, 0) is 24.1 Å². The molecular weight excluding hydrogens is 253 g/mol. The molecule has 1 aromatic carbocycles. The SMILES string of the molecule is CS(=O)(=O)CCC(N)c1ccc(F)c(Cl)c1. The maximum absolute atomic E-state index is 12.9. The fourth-order valence-corrected chi connectivity index (χ4v) is 2.12. The first kappa shape index (κ1) is 13.4. The summed E-state index contributed by atoms with van der Waals surface area (Å²) in [6.07, 6.45) is 1.44. The normalized spacial score (nSPS) is 13.8. The molecule has 0 aliphatic heterocycles. The number of halogens is 2. The highest BCUT2D eigenvalue weighted by molar-refractivity contribution is 7.90. The van der Waals surface area contributed by atoms with Crippen LogP contribution in [0.4, 0.5) is 4.39 Å². The molecule has 0 aliphatic carbocycles. The molecule has 0 amide bonds. The van der Waals surface area contributed by atoms with Gasteiger partial charge in [0.15, 0.2) is 0 Å². The smallest absolute Gasteiger partial charge is 0.147 e. The van der Waals surface area contributed by atoms with E-state index >= 15 is 0 Å². The van der Waals surface area contributed by atoms with E-state index in [1.807, 2.05) is 0 Å². The predicted octanol–water partition coefficient (Wildman–Crippen LogP) is 1.91. The van der Waals surface area contributed by atoms with Crippen molar-refractivity contribution < 1.29 is 12.8 Å². The molecule has 1 unspecified atom stereocenters. The van der Waals surface area contributed by atoms with E-state index in [1.165, 1.54) is 18.2 Å². The lowest BCUT2D eigenvalue weighted by Gasteiger charge is -2.11. The van der Waals surface area contributed by atoms with Crippen molar-refractivity contribution >= 4 is 21.4 Å². The molecule has 0 bridgehead atoms. The van der Waals surface area contributed by atoms with Crippen LogP contribution in [0.25, 0.3) is 0 Å². The third-order valence-corrected chi connectivity index (χ3v) is 3.44. The van der Waals surface area contributed by atoms with Gasteiger partial charge in [0.25, 0.3) is 0 Å². The Morgan fingerprint density at radius 3 is 2.62 bits per heavy atom. The van der Waals surface area contributed by atoms with Gasteiger partial charge in [0.05, 0.1) is 10.8 Å². The van der Waals surface area contributed by atoms with Crippen molar-refractivity contribution in [3.8, 4) is 0 Å². The molecule has 90 valence electrons. The fourth-order valence-electron chi connectivity index (χ4n) is 1.25. The Kier molecular flexibility index (Phi) is 4.29. The van der Waals surface area contributed by atoms with Gasteiger partial charge in [0, 0.05) is 12.3 Å². The fraction of sp³-hybridized carbons (Fsp3) is 0.400. The Morgan fingerprint density at radius 1 is 1.50 bits per heavy atom. The second kappa shape index (κ2) is 5.12. The van der Waals surface area contributed by atoms with E-state index in [9.17, 15) is 12.8 Å². The second-order valence-electron chi connectivity index (χ2n) is 3.70. The summed E-state index contributed by atoms with van der Waals surface area (Å²) in [5, 5.41) is -0.00712. The molecule has 1 aromatic rings. The lowest BCUT2D eigenvalue weighted by Crippen LogP contribution is -2.15. The molecule has 6 heteroatoms. The first-order valence-corrected chi connectivity index (χ1v) is 7.11. The largest absolute Gasteiger partial charge is 0.324 e. The van der Waals surface area contributed by atoms with Crippen molar-refractivity contribution in [1.29, 1.82) is 0 Å². The van der Waals surface area contributed by atoms with Gasteiger partial charge in [-0.2, -0.15) is 0 Å². The molecule has 0 saturated carbocycles. The van der Waals surface area contributed by atoms with Crippen molar-refractivity contribution in [3.05, 3.63) is 34.6 Å². The molecule has 0 aromatic heterocycles. The molecule has 1 atom stereocenters. The van der Waals surface area contributed by atoms with Gasteiger partial charge in [-0.1, -0.05) is 17.7 Å². The highest BCUT2D eigenvalue weighted by atomic mass is 35.5. The van der Waals surface area contributed by atoms with Crippen LogP contribution in [-0.4, -0.2) is 20.4 Å². The van der Waals surface area contributed by atoms with Crippen LogP contribution in [0.3, 0.4) is 0 Å². The van der Waals surface area contributed by atoms with Crippen molar-refractivity contribution in [1.82, 2.24) is 0 Å². The van der Waals surface area contributed by atoms with E-state index in [0.717, 1.165) is 6.26 Å². The van der Waals surface area contributed by atoms with E-state index in [2.05, 4.69) is 0 Å². The summed E-state index contributed by atoms with van der Waals surface area (Å²) in [6, 6.07) is 3.70. The van der Waals surface area contributed by atoms with Gasteiger partial charge in [-0.15, -0.1) is 0 Å². The molecule has 0 heterocycles. The first-order chi connectivity index (χ1) is 7.29. The standard InChI is InChI=1S/C10H13ClFNO2S/c1-16(14,15)5-4-10(13)7-2-3-9(12)8(11)6-7/h2-3,6,10H,4-5,13H2,1H3. The molecule has 0 saturated heterocycles. The molecule has 0 fully saturated rings. The number of sulfone groups is 1. The summed E-state index contributed by atoms with van der Waals surface area (Å²) >= 11 is 5.60. The maximum Gasteiger partial charge on any atom is 0.147 e. The molecule has 0 radical (unpaired) electrons. The van der Waals surface area contributed by atoms with E-state index in [1.54, 1.807) is 0 Å². The van der Waals surface area contributed by atoms with Crippen molar-refractivity contribution in [2.24, 2.45) is 5.73 Å². The quantitative estimate of drug-likeness (QED) is 0.905. The van der Waals surface area contributed by atoms with E-state index in [-0.39, 0.29) is 10.8 Å². The summed E-state index contributed by atoms with van der Waals surface area (Å²) in [4.78, 5) is 0. The van der Waals surface area contributed by atoms with Crippen LogP contribution in [-0.2, 0) is 9.84 Å². The topological polar surface area (TPSA) is 60.2 Å². The summed E-state index contributed by atoms with van der Waals surface area (Å²) < 4.78 is 34.8. The van der Waals surface area contributed by atoms with Crippen LogP contribution < -0.4 is 5.73 Å². The van der Waals surface area contributed by atoms with Crippen molar-refractivity contribution in [2.75, 3.05) is 12.0 Å². The van der Waals surface area contributed by atoms with Crippen LogP contribution in [0.5, 0.6) is 0 Å². The van der Waals surface area contributed by atoms with Gasteiger partial charge in [-0.25, -0.2) is 12.8 Å². The Labute approximate surface area is 99.3 Å². The molecule has 2 N–H and O–H groups in total. The number of hydrogen-bond acceptors (Lipinski definition) is 3.